The van der Waals surface area contributed by atoms with Gasteiger partial charge in [0.1, 0.15) is 18.3 Å². The van der Waals surface area contributed by atoms with Gasteiger partial charge in [0, 0.05) is 18.1 Å². The summed E-state index contributed by atoms with van der Waals surface area (Å²) in [5.74, 6) is 0.0268. The van der Waals surface area contributed by atoms with Crippen LogP contribution >= 0.6 is 11.6 Å². The normalized spacial score (nSPS) is 12.1. The molecule has 3 aromatic carbocycles. The van der Waals surface area contributed by atoms with Crippen LogP contribution in [0.1, 0.15) is 43.9 Å². The van der Waals surface area contributed by atoms with Crippen LogP contribution in [0.5, 0.6) is 5.75 Å². The van der Waals surface area contributed by atoms with E-state index >= 15 is 0 Å². The number of ether oxygens (including phenoxy) is 1. The number of rotatable bonds is 13. The highest BCUT2D eigenvalue weighted by atomic mass is 35.5. The average Bonchev–Trinajstić information content (AvgIpc) is 2.96. The summed E-state index contributed by atoms with van der Waals surface area (Å²) in [7, 11) is -2.63. The fourth-order valence-corrected chi connectivity index (χ4v) is 5.98. The summed E-state index contributed by atoms with van der Waals surface area (Å²) < 4.78 is 34.5. The van der Waals surface area contributed by atoms with Crippen molar-refractivity contribution in [3.63, 3.8) is 0 Å². The van der Waals surface area contributed by atoms with Crippen LogP contribution in [0, 0.1) is 19.8 Å². The Kier molecular flexibility index (Phi) is 11.4. The molecule has 0 fully saturated rings. The Bertz CT molecular complexity index is 1490. The summed E-state index contributed by atoms with van der Waals surface area (Å²) in [6.07, 6.45) is 0.340. The topological polar surface area (TPSA) is 96.0 Å². The van der Waals surface area contributed by atoms with E-state index in [4.69, 9.17) is 16.3 Å². The highest BCUT2D eigenvalue weighted by Gasteiger charge is 2.34. The van der Waals surface area contributed by atoms with Crippen molar-refractivity contribution in [2.24, 2.45) is 5.92 Å². The lowest BCUT2D eigenvalue weighted by atomic mass is 10.1. The highest BCUT2D eigenvalue weighted by Crippen LogP contribution is 2.27. The lowest BCUT2D eigenvalue weighted by Gasteiger charge is -2.33. The number of halogens is 1. The molecule has 8 nitrogen and oxygen atoms in total. The van der Waals surface area contributed by atoms with Crippen LogP contribution in [-0.4, -0.2) is 51.4 Å². The third-order valence-electron chi connectivity index (χ3n) is 7.02. The minimum absolute atomic E-state index is 0.000934. The van der Waals surface area contributed by atoms with Gasteiger partial charge in [-0.1, -0.05) is 50.6 Å². The second kappa shape index (κ2) is 14.6. The van der Waals surface area contributed by atoms with Crippen LogP contribution in [0.2, 0.25) is 5.02 Å². The van der Waals surface area contributed by atoms with E-state index in [1.165, 1.54) is 29.2 Å². The van der Waals surface area contributed by atoms with Crippen molar-refractivity contribution < 1.29 is 22.7 Å². The molecule has 0 aliphatic heterocycles. The number of benzene rings is 3. The van der Waals surface area contributed by atoms with Crippen LogP contribution in [0.15, 0.2) is 71.6 Å². The number of hydrogen-bond acceptors (Lipinski definition) is 5. The molecule has 226 valence electrons. The first kappa shape index (κ1) is 32.9. The van der Waals surface area contributed by atoms with Gasteiger partial charge >= 0.3 is 0 Å². The largest absolute Gasteiger partial charge is 0.497 e. The zero-order valence-corrected chi connectivity index (χ0v) is 26.6. The Labute approximate surface area is 254 Å². The van der Waals surface area contributed by atoms with Crippen molar-refractivity contribution in [3.8, 4) is 5.75 Å². The van der Waals surface area contributed by atoms with Crippen LogP contribution in [0.4, 0.5) is 5.69 Å². The molecule has 0 radical (unpaired) electrons. The van der Waals surface area contributed by atoms with E-state index in [0.717, 1.165) is 21.0 Å². The fraction of sp³-hybridized carbons (Fsp3) is 0.375. The Morgan fingerprint density at radius 2 is 1.67 bits per heavy atom. The maximum absolute atomic E-state index is 14.2. The smallest absolute Gasteiger partial charge is 0.264 e. The second-order valence-corrected chi connectivity index (χ2v) is 13.0. The minimum atomic E-state index is -4.18. The van der Waals surface area contributed by atoms with Crippen LogP contribution in [0.25, 0.3) is 0 Å². The SMILES string of the molecule is CC[C@H](C(=O)NCC(C)C)N(Cc1cccc(OC)c1)C(=O)CN(c1ccc(C)c(C)c1)S(=O)(=O)c1ccc(Cl)cc1. The fourth-order valence-electron chi connectivity index (χ4n) is 4.45. The second-order valence-electron chi connectivity index (χ2n) is 10.7. The molecule has 0 saturated carbocycles. The Morgan fingerprint density at radius 3 is 2.26 bits per heavy atom. The molecule has 3 rings (SSSR count). The molecule has 2 amide bonds. The van der Waals surface area contributed by atoms with Crippen molar-refractivity contribution in [1.82, 2.24) is 10.2 Å². The third kappa shape index (κ3) is 8.26. The quantitative estimate of drug-likeness (QED) is 0.265. The molecule has 10 heteroatoms. The van der Waals surface area contributed by atoms with E-state index in [9.17, 15) is 18.0 Å². The van der Waals surface area contributed by atoms with Gasteiger partial charge in [0.15, 0.2) is 0 Å². The maximum Gasteiger partial charge on any atom is 0.264 e. The molecule has 0 aromatic heterocycles. The standard InChI is InChI=1S/C32H40ClN3O5S/c1-7-30(32(38)34-19-22(2)3)35(20-25-9-8-10-28(18-25)41-6)31(37)21-36(27-14-11-23(4)24(5)17-27)42(39,40)29-15-12-26(33)13-16-29/h8-18,22,30H,7,19-21H2,1-6H3,(H,34,38)/t30-/m1/s1. The Balaban J connectivity index is 2.08. The van der Waals surface area contributed by atoms with Crippen LogP contribution in [-0.2, 0) is 26.2 Å². The number of aryl methyl sites for hydroxylation is 2. The van der Waals surface area contributed by atoms with E-state index in [-0.39, 0.29) is 23.3 Å². The molecule has 0 bridgehead atoms. The van der Waals surface area contributed by atoms with Gasteiger partial charge in [-0.05, 0) is 91.4 Å². The molecule has 0 spiro atoms. The molecule has 0 aliphatic rings. The van der Waals surface area contributed by atoms with Crippen LogP contribution < -0.4 is 14.4 Å². The Hall–Kier alpha value is -3.56. The molecule has 1 atom stereocenters. The number of amides is 2. The molecule has 3 aromatic rings. The summed E-state index contributed by atoms with van der Waals surface area (Å²) in [4.78, 5) is 29.0. The summed E-state index contributed by atoms with van der Waals surface area (Å²) in [6.45, 7) is 9.66. The minimum Gasteiger partial charge on any atom is -0.497 e. The van der Waals surface area contributed by atoms with Gasteiger partial charge in [-0.15, -0.1) is 0 Å². The predicted octanol–water partition coefficient (Wildman–Crippen LogP) is 5.74. The lowest BCUT2D eigenvalue weighted by Crippen LogP contribution is -2.52. The number of sulfonamides is 1. The molecule has 0 aliphatic carbocycles. The van der Waals surface area contributed by atoms with Crippen LogP contribution in [0.3, 0.4) is 0 Å². The van der Waals surface area contributed by atoms with Gasteiger partial charge in [-0.25, -0.2) is 8.42 Å². The van der Waals surface area contributed by atoms with Gasteiger partial charge in [-0.2, -0.15) is 0 Å². The van der Waals surface area contributed by atoms with E-state index in [2.05, 4.69) is 5.32 Å². The zero-order chi connectivity index (χ0) is 31.0. The summed E-state index contributed by atoms with van der Waals surface area (Å²) in [5, 5.41) is 3.33. The maximum atomic E-state index is 14.2. The van der Waals surface area contributed by atoms with Gasteiger partial charge in [0.2, 0.25) is 11.8 Å². The summed E-state index contributed by atoms with van der Waals surface area (Å²) >= 11 is 6.03. The number of carbonyl (C=O) groups is 2. The molecule has 0 unspecified atom stereocenters. The van der Waals surface area contributed by atoms with E-state index in [1.807, 2.05) is 52.8 Å². The lowest BCUT2D eigenvalue weighted by molar-refractivity contribution is -0.140. The molecule has 0 heterocycles. The molecule has 0 saturated heterocycles. The molecular formula is C32H40ClN3O5S. The number of carbonyl (C=O) groups excluding carboxylic acids is 2. The highest BCUT2D eigenvalue weighted by molar-refractivity contribution is 7.92. The van der Waals surface area contributed by atoms with Gasteiger partial charge in [0.05, 0.1) is 17.7 Å². The molecule has 42 heavy (non-hydrogen) atoms. The van der Waals surface area contributed by atoms with Crippen molar-refractivity contribution in [1.29, 1.82) is 0 Å². The predicted molar refractivity (Wildman–Crippen MR) is 167 cm³/mol. The number of hydrogen-bond donors (Lipinski definition) is 1. The summed E-state index contributed by atoms with van der Waals surface area (Å²) in [5.41, 5.74) is 2.96. The van der Waals surface area contributed by atoms with Gasteiger partial charge in [-0.3, -0.25) is 13.9 Å². The first-order valence-corrected chi connectivity index (χ1v) is 15.7. The number of nitrogens with one attached hydrogen (secondary N) is 1. The monoisotopic (exact) mass is 613 g/mol. The molecule has 1 N–H and O–H groups in total. The first-order valence-electron chi connectivity index (χ1n) is 13.9. The van der Waals surface area contributed by atoms with Crippen molar-refractivity contribution in [2.75, 3.05) is 24.5 Å². The van der Waals surface area contributed by atoms with Crippen molar-refractivity contribution in [2.45, 2.75) is 58.5 Å². The van der Waals surface area contributed by atoms with Crippen molar-refractivity contribution in [3.05, 3.63) is 88.4 Å². The molecular weight excluding hydrogens is 574 g/mol. The van der Waals surface area contributed by atoms with Gasteiger partial charge in [0.25, 0.3) is 10.0 Å². The number of nitrogens with zero attached hydrogens (tertiary/aromatic N) is 2. The van der Waals surface area contributed by atoms with E-state index in [0.29, 0.717) is 29.4 Å². The third-order valence-corrected chi connectivity index (χ3v) is 9.06. The first-order chi connectivity index (χ1) is 19.9. The Morgan fingerprint density at radius 1 is 0.976 bits per heavy atom. The number of methoxy groups -OCH3 is 1. The van der Waals surface area contributed by atoms with E-state index in [1.54, 1.807) is 31.4 Å². The zero-order valence-electron chi connectivity index (χ0n) is 25.1. The number of anilines is 1. The van der Waals surface area contributed by atoms with Crippen molar-refractivity contribution >= 4 is 39.1 Å². The summed E-state index contributed by atoms with van der Waals surface area (Å²) in [6, 6.07) is 17.5. The van der Waals surface area contributed by atoms with E-state index < -0.39 is 28.5 Å². The average molecular weight is 614 g/mol. The van der Waals surface area contributed by atoms with Gasteiger partial charge < -0.3 is 15.0 Å².